The Balaban J connectivity index is 1.51. The van der Waals surface area contributed by atoms with Crippen LogP contribution in [0.15, 0.2) is 22.8 Å². The quantitative estimate of drug-likeness (QED) is 0.836. The zero-order valence-corrected chi connectivity index (χ0v) is 15.2. The lowest BCUT2D eigenvalue weighted by atomic mass is 9.78. The van der Waals surface area contributed by atoms with Crippen LogP contribution in [0.3, 0.4) is 0 Å². The Kier molecular flexibility index (Phi) is 4.40. The molecule has 0 atom stereocenters. The van der Waals surface area contributed by atoms with E-state index in [1.54, 1.807) is 14.0 Å². The second-order valence-corrected chi connectivity index (χ2v) is 6.94. The van der Waals surface area contributed by atoms with Crippen LogP contribution in [0.2, 0.25) is 0 Å². The molecule has 0 radical (unpaired) electrons. The summed E-state index contributed by atoms with van der Waals surface area (Å²) in [5.74, 6) is 0.931. The van der Waals surface area contributed by atoms with E-state index in [1.165, 1.54) is 5.56 Å². The van der Waals surface area contributed by atoms with E-state index in [4.69, 9.17) is 9.47 Å². The van der Waals surface area contributed by atoms with Gasteiger partial charge in [0.25, 0.3) is 0 Å². The number of aryl methyl sites for hydroxylation is 1. The smallest absolute Gasteiger partial charge is 0.228 e. The first-order valence-electron chi connectivity index (χ1n) is 8.99. The molecular weight excluding hydrogens is 334 g/mol. The van der Waals surface area contributed by atoms with Crippen LogP contribution >= 0.6 is 0 Å². The number of methoxy groups -OCH3 is 1. The number of nitrogens with zero attached hydrogens (tertiary/aromatic N) is 3. The molecule has 0 N–H and O–H groups in total. The lowest BCUT2D eigenvalue weighted by molar-refractivity contribution is -0.140. The molecule has 138 valence electrons. The highest BCUT2D eigenvalue weighted by molar-refractivity contribution is 5.78. The molecule has 2 aliphatic heterocycles. The average Bonchev–Trinajstić information content (AvgIpc) is 3.06. The molecule has 1 saturated heterocycles. The van der Waals surface area contributed by atoms with Gasteiger partial charge in [-0.2, -0.15) is 0 Å². The summed E-state index contributed by atoms with van der Waals surface area (Å²) in [6, 6.07) is 6.18. The van der Waals surface area contributed by atoms with Gasteiger partial charge in [-0.1, -0.05) is 22.4 Å². The second kappa shape index (κ2) is 6.72. The highest BCUT2D eigenvalue weighted by Crippen LogP contribution is 2.45. The molecule has 3 heterocycles. The Morgan fingerprint density at radius 1 is 1.31 bits per heavy atom. The number of piperidine rings is 1. The number of fused-ring (bicyclic) bond motifs is 2. The predicted octanol–water partition coefficient (Wildman–Crippen LogP) is 2.02. The normalized spacial score (nSPS) is 18.6. The number of carbonyl (C=O) groups excluding carboxylic acids is 1. The van der Waals surface area contributed by atoms with Gasteiger partial charge in [0.05, 0.1) is 20.1 Å². The topological polar surface area (TPSA) is 77.7 Å². The number of aromatic nitrogens is 2. The van der Waals surface area contributed by atoms with Crippen molar-refractivity contribution in [3.8, 4) is 5.75 Å². The molecule has 1 fully saturated rings. The molecule has 1 amide bonds. The van der Waals surface area contributed by atoms with Crippen molar-refractivity contribution in [2.45, 2.75) is 38.2 Å². The number of hydrogen-bond donors (Lipinski definition) is 0. The van der Waals surface area contributed by atoms with Crippen LogP contribution in [-0.4, -0.2) is 47.9 Å². The van der Waals surface area contributed by atoms with E-state index in [0.717, 1.165) is 30.6 Å². The van der Waals surface area contributed by atoms with Gasteiger partial charge in [-0.15, -0.1) is 0 Å². The number of benzene rings is 1. The summed E-state index contributed by atoms with van der Waals surface area (Å²) in [5, 5.41) is 7.55. The molecule has 7 nitrogen and oxygen atoms in total. The first-order chi connectivity index (χ1) is 12.6. The first kappa shape index (κ1) is 17.0. The molecule has 2 aliphatic rings. The van der Waals surface area contributed by atoms with Crippen molar-refractivity contribution in [3.05, 3.63) is 40.7 Å². The van der Waals surface area contributed by atoms with Crippen molar-refractivity contribution < 1.29 is 18.9 Å². The van der Waals surface area contributed by atoms with Gasteiger partial charge in [0, 0.05) is 18.7 Å². The summed E-state index contributed by atoms with van der Waals surface area (Å²) in [7, 11) is 1.70. The summed E-state index contributed by atoms with van der Waals surface area (Å²) in [4.78, 5) is 14.5. The van der Waals surface area contributed by atoms with E-state index >= 15 is 0 Å². The Labute approximate surface area is 152 Å². The Morgan fingerprint density at radius 3 is 2.81 bits per heavy atom. The molecule has 7 heteroatoms. The SMILES string of the molecule is COc1cccc2c1C1(CCN(C(=O)Cc3nonc3C)CC1)OCC2. The van der Waals surface area contributed by atoms with E-state index in [2.05, 4.69) is 21.0 Å². The summed E-state index contributed by atoms with van der Waals surface area (Å²) in [5.41, 5.74) is 3.37. The zero-order chi connectivity index (χ0) is 18.1. The van der Waals surface area contributed by atoms with Crippen LogP contribution in [0.4, 0.5) is 0 Å². The number of carbonyl (C=O) groups is 1. The lowest BCUT2D eigenvalue weighted by Gasteiger charge is -2.45. The van der Waals surface area contributed by atoms with Crippen LogP contribution in [-0.2, 0) is 28.0 Å². The van der Waals surface area contributed by atoms with Gasteiger partial charge in [0.2, 0.25) is 5.91 Å². The van der Waals surface area contributed by atoms with Gasteiger partial charge in [0.15, 0.2) is 0 Å². The molecule has 0 aliphatic carbocycles. The minimum Gasteiger partial charge on any atom is -0.496 e. The Bertz CT molecular complexity index is 795. The van der Waals surface area contributed by atoms with Crippen molar-refractivity contribution >= 4 is 5.91 Å². The van der Waals surface area contributed by atoms with E-state index in [0.29, 0.717) is 31.1 Å². The maximum absolute atomic E-state index is 12.6. The van der Waals surface area contributed by atoms with Crippen molar-refractivity contribution in [2.75, 3.05) is 26.8 Å². The van der Waals surface area contributed by atoms with Crippen LogP contribution in [0, 0.1) is 6.92 Å². The maximum Gasteiger partial charge on any atom is 0.228 e. The number of amides is 1. The minimum atomic E-state index is -0.359. The minimum absolute atomic E-state index is 0.0507. The summed E-state index contributed by atoms with van der Waals surface area (Å²) >= 11 is 0. The molecule has 1 aromatic carbocycles. The van der Waals surface area contributed by atoms with Gasteiger partial charge < -0.3 is 14.4 Å². The van der Waals surface area contributed by atoms with Crippen molar-refractivity contribution in [1.29, 1.82) is 0 Å². The molecule has 2 aromatic rings. The number of likely N-dealkylation sites (tertiary alicyclic amines) is 1. The molecule has 1 spiro atoms. The Morgan fingerprint density at radius 2 is 2.12 bits per heavy atom. The van der Waals surface area contributed by atoms with Gasteiger partial charge in [0.1, 0.15) is 22.7 Å². The molecule has 26 heavy (non-hydrogen) atoms. The van der Waals surface area contributed by atoms with E-state index in [1.807, 2.05) is 17.0 Å². The maximum atomic E-state index is 12.6. The van der Waals surface area contributed by atoms with Gasteiger partial charge >= 0.3 is 0 Å². The van der Waals surface area contributed by atoms with Gasteiger partial charge in [-0.3, -0.25) is 4.79 Å². The van der Waals surface area contributed by atoms with Crippen LogP contribution in [0.1, 0.15) is 35.4 Å². The molecular formula is C19H23N3O4. The largest absolute Gasteiger partial charge is 0.496 e. The molecule has 0 bridgehead atoms. The molecule has 0 unspecified atom stereocenters. The fourth-order valence-corrected chi connectivity index (χ4v) is 4.08. The standard InChI is InChI=1S/C19H23N3O4/c1-13-15(21-26-20-13)12-17(23)22-9-7-19(8-10-22)18-14(6-11-25-19)4-3-5-16(18)24-2/h3-5H,6-12H2,1-2H3. The van der Waals surface area contributed by atoms with E-state index in [9.17, 15) is 4.79 Å². The summed E-state index contributed by atoms with van der Waals surface area (Å²) in [6.45, 7) is 3.81. The third-order valence-electron chi connectivity index (χ3n) is 5.53. The number of ether oxygens (including phenoxy) is 2. The van der Waals surface area contributed by atoms with Crippen molar-refractivity contribution in [3.63, 3.8) is 0 Å². The third-order valence-corrected chi connectivity index (χ3v) is 5.53. The molecule has 1 aromatic heterocycles. The Hall–Kier alpha value is -2.41. The van der Waals surface area contributed by atoms with Gasteiger partial charge in [-0.25, -0.2) is 4.63 Å². The number of hydrogen-bond acceptors (Lipinski definition) is 6. The predicted molar refractivity (Wildman–Crippen MR) is 92.9 cm³/mol. The second-order valence-electron chi connectivity index (χ2n) is 6.94. The molecule has 0 saturated carbocycles. The van der Waals surface area contributed by atoms with Gasteiger partial charge in [-0.05, 0) is 37.8 Å². The summed E-state index contributed by atoms with van der Waals surface area (Å²) in [6.07, 6.45) is 2.66. The van der Waals surface area contributed by atoms with Crippen molar-refractivity contribution in [1.82, 2.24) is 15.2 Å². The monoisotopic (exact) mass is 357 g/mol. The van der Waals surface area contributed by atoms with Crippen LogP contribution in [0.5, 0.6) is 5.75 Å². The van der Waals surface area contributed by atoms with Crippen LogP contribution in [0.25, 0.3) is 0 Å². The highest BCUT2D eigenvalue weighted by atomic mass is 16.6. The molecule has 4 rings (SSSR count). The summed E-state index contributed by atoms with van der Waals surface area (Å²) < 4.78 is 16.6. The average molecular weight is 357 g/mol. The third kappa shape index (κ3) is 2.86. The van der Waals surface area contributed by atoms with Crippen LogP contribution < -0.4 is 4.74 Å². The fourth-order valence-electron chi connectivity index (χ4n) is 4.08. The lowest BCUT2D eigenvalue weighted by Crippen LogP contribution is -2.48. The zero-order valence-electron chi connectivity index (χ0n) is 15.2. The first-order valence-corrected chi connectivity index (χ1v) is 8.99. The highest BCUT2D eigenvalue weighted by Gasteiger charge is 2.43. The fraction of sp³-hybridized carbons (Fsp3) is 0.526. The van der Waals surface area contributed by atoms with E-state index in [-0.39, 0.29) is 17.9 Å². The van der Waals surface area contributed by atoms with E-state index < -0.39 is 0 Å². The van der Waals surface area contributed by atoms with Crippen molar-refractivity contribution in [2.24, 2.45) is 0 Å². The number of rotatable bonds is 3.